The van der Waals surface area contributed by atoms with Crippen molar-refractivity contribution in [3.63, 3.8) is 0 Å². The molecule has 1 aromatic heterocycles. The van der Waals surface area contributed by atoms with E-state index in [1.165, 1.54) is 60.4 Å². The standard InChI is InChI=1S/C52H36N2/c1-3-18-37(19-4-1)42-26-9-10-28-44(42)39-22-15-25-41(36-39)54(48-32-13-11-29-46(48)45-31-16-21-38-20-7-8-27-43(38)45)51-35-17-34-50-52(51)47-30-12-14-33-49(47)53(50)40-23-5-2-6-24-40/h1-36H. The fourth-order valence-corrected chi connectivity index (χ4v) is 8.22. The minimum Gasteiger partial charge on any atom is -0.309 e. The summed E-state index contributed by atoms with van der Waals surface area (Å²) in [5.74, 6) is 0. The maximum Gasteiger partial charge on any atom is 0.0562 e. The average Bonchev–Trinajstić information content (AvgIpc) is 3.60. The van der Waals surface area contributed by atoms with E-state index in [0.29, 0.717) is 0 Å². The smallest absolute Gasteiger partial charge is 0.0562 e. The van der Waals surface area contributed by atoms with Crippen LogP contribution in [0, 0.1) is 0 Å². The van der Waals surface area contributed by atoms with E-state index in [1.807, 2.05) is 0 Å². The molecule has 0 bridgehead atoms. The normalized spacial score (nSPS) is 11.3. The Kier molecular flexibility index (Phi) is 7.85. The molecular weight excluding hydrogens is 653 g/mol. The van der Waals surface area contributed by atoms with Crippen LogP contribution in [0.2, 0.25) is 0 Å². The van der Waals surface area contributed by atoms with Crippen molar-refractivity contribution < 1.29 is 0 Å². The molecule has 0 amide bonds. The van der Waals surface area contributed by atoms with Crippen LogP contribution in [0.25, 0.3) is 71.6 Å². The van der Waals surface area contributed by atoms with Crippen LogP contribution in [0.5, 0.6) is 0 Å². The van der Waals surface area contributed by atoms with E-state index in [1.54, 1.807) is 0 Å². The van der Waals surface area contributed by atoms with Gasteiger partial charge >= 0.3 is 0 Å². The largest absolute Gasteiger partial charge is 0.309 e. The zero-order valence-electron chi connectivity index (χ0n) is 29.7. The van der Waals surface area contributed by atoms with E-state index < -0.39 is 0 Å². The molecular formula is C52H36N2. The third-order valence-corrected chi connectivity index (χ3v) is 10.6. The number of hydrogen-bond acceptors (Lipinski definition) is 1. The summed E-state index contributed by atoms with van der Waals surface area (Å²) in [4.78, 5) is 2.48. The van der Waals surface area contributed by atoms with Crippen LogP contribution in [0.1, 0.15) is 0 Å². The first-order chi connectivity index (χ1) is 26.8. The fraction of sp³-hybridized carbons (Fsp3) is 0. The van der Waals surface area contributed by atoms with E-state index in [2.05, 4.69) is 228 Å². The molecule has 0 fully saturated rings. The van der Waals surface area contributed by atoms with E-state index in [-0.39, 0.29) is 0 Å². The predicted molar refractivity (Wildman–Crippen MR) is 229 cm³/mol. The van der Waals surface area contributed by atoms with E-state index >= 15 is 0 Å². The lowest BCUT2D eigenvalue weighted by atomic mass is 9.93. The molecule has 10 rings (SSSR count). The van der Waals surface area contributed by atoms with Crippen LogP contribution < -0.4 is 4.90 Å². The maximum atomic E-state index is 2.48. The number of fused-ring (bicyclic) bond motifs is 4. The van der Waals surface area contributed by atoms with Gasteiger partial charge < -0.3 is 9.47 Å². The van der Waals surface area contributed by atoms with Gasteiger partial charge in [0.25, 0.3) is 0 Å². The first kappa shape index (κ1) is 31.6. The van der Waals surface area contributed by atoms with E-state index in [0.717, 1.165) is 28.3 Å². The molecule has 2 heteroatoms. The Morgan fingerprint density at radius 3 is 1.70 bits per heavy atom. The Bertz CT molecular complexity index is 2930. The molecule has 0 unspecified atom stereocenters. The van der Waals surface area contributed by atoms with Crippen LogP contribution in [0.4, 0.5) is 17.1 Å². The monoisotopic (exact) mass is 688 g/mol. The van der Waals surface area contributed by atoms with Gasteiger partial charge in [0.05, 0.1) is 22.4 Å². The molecule has 9 aromatic carbocycles. The number of hydrogen-bond donors (Lipinski definition) is 0. The molecule has 0 saturated carbocycles. The highest BCUT2D eigenvalue weighted by molar-refractivity contribution is 6.17. The van der Waals surface area contributed by atoms with Crippen molar-refractivity contribution in [1.82, 2.24) is 4.57 Å². The molecule has 0 atom stereocenters. The molecule has 0 spiro atoms. The van der Waals surface area contributed by atoms with Crippen LogP contribution in [-0.2, 0) is 0 Å². The summed E-state index contributed by atoms with van der Waals surface area (Å²) in [5.41, 5.74) is 14.0. The molecule has 54 heavy (non-hydrogen) atoms. The number of nitrogens with zero attached hydrogens (tertiary/aromatic N) is 2. The Hall–Kier alpha value is -7.16. The number of para-hydroxylation sites is 3. The average molecular weight is 689 g/mol. The number of aromatic nitrogens is 1. The first-order valence-corrected chi connectivity index (χ1v) is 18.5. The second kappa shape index (κ2) is 13.4. The second-order valence-corrected chi connectivity index (χ2v) is 13.7. The van der Waals surface area contributed by atoms with Gasteiger partial charge in [-0.15, -0.1) is 0 Å². The lowest BCUT2D eigenvalue weighted by Gasteiger charge is -2.29. The summed E-state index contributed by atoms with van der Waals surface area (Å²) >= 11 is 0. The van der Waals surface area contributed by atoms with Crippen molar-refractivity contribution in [3.05, 3.63) is 218 Å². The van der Waals surface area contributed by atoms with Crippen LogP contribution in [0.15, 0.2) is 218 Å². The van der Waals surface area contributed by atoms with Crippen molar-refractivity contribution in [2.45, 2.75) is 0 Å². The zero-order valence-corrected chi connectivity index (χ0v) is 29.7. The van der Waals surface area contributed by atoms with Gasteiger partial charge in [0, 0.05) is 27.7 Å². The van der Waals surface area contributed by atoms with Gasteiger partial charge in [0.1, 0.15) is 0 Å². The van der Waals surface area contributed by atoms with Crippen LogP contribution >= 0.6 is 0 Å². The summed E-state index contributed by atoms with van der Waals surface area (Å²) < 4.78 is 2.40. The highest BCUT2D eigenvalue weighted by Crippen LogP contribution is 2.48. The van der Waals surface area contributed by atoms with Crippen molar-refractivity contribution in [3.8, 4) is 39.1 Å². The Labute approximate surface area is 315 Å². The Balaban J connectivity index is 1.27. The summed E-state index contributed by atoms with van der Waals surface area (Å²) in [5, 5.41) is 4.88. The molecule has 0 radical (unpaired) electrons. The Morgan fingerprint density at radius 2 is 0.870 bits per heavy atom. The third kappa shape index (κ3) is 5.36. The predicted octanol–water partition coefficient (Wildman–Crippen LogP) is 14.4. The van der Waals surface area contributed by atoms with Crippen molar-refractivity contribution in [2.75, 3.05) is 4.90 Å². The van der Waals surface area contributed by atoms with Crippen LogP contribution in [-0.4, -0.2) is 4.57 Å². The lowest BCUT2D eigenvalue weighted by molar-refractivity contribution is 1.18. The molecule has 254 valence electrons. The number of rotatable bonds is 7. The van der Waals surface area contributed by atoms with Gasteiger partial charge in [-0.05, 0) is 87.1 Å². The van der Waals surface area contributed by atoms with Crippen molar-refractivity contribution in [1.29, 1.82) is 0 Å². The molecule has 0 aliphatic heterocycles. The number of benzene rings is 9. The van der Waals surface area contributed by atoms with Crippen LogP contribution in [0.3, 0.4) is 0 Å². The first-order valence-electron chi connectivity index (χ1n) is 18.5. The molecule has 2 nitrogen and oxygen atoms in total. The molecule has 0 saturated heterocycles. The maximum absolute atomic E-state index is 2.48. The van der Waals surface area contributed by atoms with Gasteiger partial charge in [0.2, 0.25) is 0 Å². The van der Waals surface area contributed by atoms with E-state index in [9.17, 15) is 0 Å². The fourth-order valence-electron chi connectivity index (χ4n) is 8.22. The molecule has 0 aliphatic rings. The van der Waals surface area contributed by atoms with Gasteiger partial charge in [-0.1, -0.05) is 170 Å². The molecule has 10 aromatic rings. The van der Waals surface area contributed by atoms with Gasteiger partial charge in [-0.2, -0.15) is 0 Å². The van der Waals surface area contributed by atoms with Gasteiger partial charge in [-0.25, -0.2) is 0 Å². The lowest BCUT2D eigenvalue weighted by Crippen LogP contribution is -2.12. The zero-order chi connectivity index (χ0) is 35.8. The second-order valence-electron chi connectivity index (χ2n) is 13.7. The SMILES string of the molecule is c1ccc(-c2ccccc2-c2cccc(N(c3ccccc3-c3cccc4ccccc34)c3cccc4c3c3ccccc3n4-c3ccccc3)c2)cc1. The highest BCUT2D eigenvalue weighted by Gasteiger charge is 2.24. The minimum atomic E-state index is 1.09. The summed E-state index contributed by atoms with van der Waals surface area (Å²) in [6.07, 6.45) is 0. The van der Waals surface area contributed by atoms with Gasteiger partial charge in [-0.3, -0.25) is 0 Å². The molecule has 0 aliphatic carbocycles. The molecule has 1 heterocycles. The summed E-state index contributed by atoms with van der Waals surface area (Å²) in [6.45, 7) is 0. The van der Waals surface area contributed by atoms with Gasteiger partial charge in [0.15, 0.2) is 0 Å². The topological polar surface area (TPSA) is 8.17 Å². The number of anilines is 3. The summed E-state index contributed by atoms with van der Waals surface area (Å²) in [7, 11) is 0. The Morgan fingerprint density at radius 1 is 0.333 bits per heavy atom. The highest BCUT2D eigenvalue weighted by atomic mass is 15.2. The third-order valence-electron chi connectivity index (χ3n) is 10.6. The summed E-state index contributed by atoms with van der Waals surface area (Å²) in [6, 6.07) is 78.9. The quantitative estimate of drug-likeness (QED) is 0.162. The van der Waals surface area contributed by atoms with Crippen molar-refractivity contribution >= 4 is 49.6 Å². The van der Waals surface area contributed by atoms with E-state index in [4.69, 9.17) is 0 Å². The van der Waals surface area contributed by atoms with Crippen molar-refractivity contribution in [2.24, 2.45) is 0 Å². The molecule has 0 N–H and O–H groups in total. The minimum absolute atomic E-state index is 1.09.